The number of rotatable bonds is 3. The second-order valence-electron chi connectivity index (χ2n) is 4.99. The molecule has 4 heteroatoms. The molecule has 0 radical (unpaired) electrons. The Labute approximate surface area is 115 Å². The molecule has 1 fully saturated rings. The highest BCUT2D eigenvalue weighted by Gasteiger charge is 2.21. The first-order valence-corrected chi connectivity index (χ1v) is 7.03. The van der Waals surface area contributed by atoms with Gasteiger partial charge in [0.05, 0.1) is 10.7 Å². The van der Waals surface area contributed by atoms with E-state index in [9.17, 15) is 0 Å². The molecule has 100 valence electrons. The van der Waals surface area contributed by atoms with Crippen molar-refractivity contribution in [2.75, 3.05) is 36.8 Å². The topological polar surface area (TPSA) is 32.5 Å². The van der Waals surface area contributed by atoms with E-state index in [-0.39, 0.29) is 0 Å². The van der Waals surface area contributed by atoms with E-state index in [1.165, 1.54) is 6.42 Å². The largest absolute Gasteiger partial charge is 0.399 e. The number of hydrogen-bond donors (Lipinski definition) is 1. The molecule has 0 aromatic heterocycles. The van der Waals surface area contributed by atoms with Crippen LogP contribution in [0.15, 0.2) is 18.2 Å². The van der Waals surface area contributed by atoms with Crippen LogP contribution in [0.5, 0.6) is 0 Å². The number of benzene rings is 1. The maximum atomic E-state index is 6.25. The summed E-state index contributed by atoms with van der Waals surface area (Å²) in [5.41, 5.74) is 7.56. The zero-order valence-electron chi connectivity index (χ0n) is 11.2. The molecule has 3 nitrogen and oxygen atoms in total. The summed E-state index contributed by atoms with van der Waals surface area (Å²) in [6, 6.07) is 6.45. The maximum absolute atomic E-state index is 6.25. The van der Waals surface area contributed by atoms with Gasteiger partial charge in [-0.25, -0.2) is 0 Å². The predicted molar refractivity (Wildman–Crippen MR) is 79.4 cm³/mol. The van der Waals surface area contributed by atoms with E-state index in [1.807, 2.05) is 18.2 Å². The van der Waals surface area contributed by atoms with Crippen molar-refractivity contribution in [3.63, 3.8) is 0 Å². The molecule has 18 heavy (non-hydrogen) atoms. The van der Waals surface area contributed by atoms with Gasteiger partial charge in [0, 0.05) is 37.9 Å². The van der Waals surface area contributed by atoms with Crippen LogP contribution in [0.4, 0.5) is 11.4 Å². The van der Waals surface area contributed by atoms with Crippen molar-refractivity contribution in [1.29, 1.82) is 0 Å². The minimum atomic E-state index is 0.675. The summed E-state index contributed by atoms with van der Waals surface area (Å²) in [7, 11) is 0. The van der Waals surface area contributed by atoms with Crippen molar-refractivity contribution in [3.05, 3.63) is 23.2 Å². The molecule has 1 aromatic carbocycles. The number of nitrogen functional groups attached to an aromatic ring is 1. The Balaban J connectivity index is 2.01. The molecule has 0 spiro atoms. The molecule has 1 unspecified atom stereocenters. The Hall–Kier alpha value is -0.930. The second kappa shape index (κ2) is 5.81. The number of hydrogen-bond acceptors (Lipinski definition) is 3. The van der Waals surface area contributed by atoms with Crippen molar-refractivity contribution in [1.82, 2.24) is 4.90 Å². The fraction of sp³-hybridized carbons (Fsp3) is 0.571. The molecule has 2 N–H and O–H groups in total. The fourth-order valence-corrected chi connectivity index (χ4v) is 2.75. The van der Waals surface area contributed by atoms with Gasteiger partial charge in [-0.2, -0.15) is 0 Å². The lowest BCUT2D eigenvalue weighted by Crippen LogP contribution is -2.49. The van der Waals surface area contributed by atoms with Gasteiger partial charge >= 0.3 is 0 Å². The number of piperazine rings is 1. The first-order chi connectivity index (χ1) is 8.61. The first-order valence-electron chi connectivity index (χ1n) is 6.66. The smallest absolute Gasteiger partial charge is 0.0660 e. The lowest BCUT2D eigenvalue weighted by Gasteiger charge is -2.39. The van der Waals surface area contributed by atoms with Crippen molar-refractivity contribution in [3.8, 4) is 0 Å². The third kappa shape index (κ3) is 2.90. The van der Waals surface area contributed by atoms with E-state index < -0.39 is 0 Å². The van der Waals surface area contributed by atoms with E-state index in [4.69, 9.17) is 17.3 Å². The quantitative estimate of drug-likeness (QED) is 0.855. The lowest BCUT2D eigenvalue weighted by atomic mass is 10.1. The van der Waals surface area contributed by atoms with E-state index in [1.54, 1.807) is 0 Å². The highest BCUT2D eigenvalue weighted by Crippen LogP contribution is 2.28. The highest BCUT2D eigenvalue weighted by atomic mass is 35.5. The van der Waals surface area contributed by atoms with E-state index >= 15 is 0 Å². The lowest BCUT2D eigenvalue weighted by molar-refractivity contribution is 0.193. The van der Waals surface area contributed by atoms with Crippen LogP contribution in [0.25, 0.3) is 0 Å². The number of nitrogens with zero attached hydrogens (tertiary/aromatic N) is 2. The molecule has 1 saturated heterocycles. The molecule has 1 aliphatic rings. The van der Waals surface area contributed by atoms with Crippen LogP contribution in [0.3, 0.4) is 0 Å². The molecular formula is C14H22ClN3. The third-order valence-electron chi connectivity index (χ3n) is 3.84. The predicted octanol–water partition coefficient (Wildman–Crippen LogP) is 2.84. The average Bonchev–Trinajstić information content (AvgIpc) is 2.38. The zero-order valence-corrected chi connectivity index (χ0v) is 12.0. The SMILES string of the molecule is CCC(C)N1CCN(c2ccc(N)cc2Cl)CC1. The van der Waals surface area contributed by atoms with Crippen LogP contribution in [0.2, 0.25) is 5.02 Å². The van der Waals surface area contributed by atoms with Gasteiger partial charge in [0.15, 0.2) is 0 Å². The number of nitrogens with two attached hydrogens (primary N) is 1. The highest BCUT2D eigenvalue weighted by molar-refractivity contribution is 6.33. The summed E-state index contributed by atoms with van der Waals surface area (Å²) in [5, 5.41) is 0.756. The monoisotopic (exact) mass is 267 g/mol. The number of halogens is 1. The molecule has 0 bridgehead atoms. The molecule has 1 aromatic rings. The van der Waals surface area contributed by atoms with Crippen LogP contribution in [0, 0.1) is 0 Å². The van der Waals surface area contributed by atoms with Gasteiger partial charge in [-0.1, -0.05) is 18.5 Å². The van der Waals surface area contributed by atoms with Gasteiger partial charge in [0.2, 0.25) is 0 Å². The van der Waals surface area contributed by atoms with Crippen molar-refractivity contribution in [2.24, 2.45) is 0 Å². The van der Waals surface area contributed by atoms with E-state index in [2.05, 4.69) is 23.6 Å². The Bertz CT molecular complexity index is 400. The minimum Gasteiger partial charge on any atom is -0.399 e. The van der Waals surface area contributed by atoms with Crippen molar-refractivity contribution < 1.29 is 0 Å². The van der Waals surface area contributed by atoms with Crippen LogP contribution in [0.1, 0.15) is 20.3 Å². The summed E-state index contributed by atoms with van der Waals surface area (Å²) < 4.78 is 0. The van der Waals surface area contributed by atoms with E-state index in [0.29, 0.717) is 6.04 Å². The molecular weight excluding hydrogens is 246 g/mol. The maximum Gasteiger partial charge on any atom is 0.0660 e. The van der Waals surface area contributed by atoms with Crippen molar-refractivity contribution in [2.45, 2.75) is 26.3 Å². The summed E-state index contributed by atoms with van der Waals surface area (Å²) in [4.78, 5) is 4.89. The first kappa shape index (κ1) is 13.5. The molecule has 2 rings (SSSR count). The molecule has 0 saturated carbocycles. The molecule has 1 heterocycles. The minimum absolute atomic E-state index is 0.675. The average molecular weight is 268 g/mol. The number of anilines is 2. The van der Waals surface area contributed by atoms with Gasteiger partial charge in [-0.3, -0.25) is 4.90 Å². The molecule has 1 atom stereocenters. The summed E-state index contributed by atoms with van der Waals surface area (Å²) in [6.07, 6.45) is 1.21. The van der Waals surface area contributed by atoms with Crippen LogP contribution < -0.4 is 10.6 Å². The summed E-state index contributed by atoms with van der Waals surface area (Å²) >= 11 is 6.25. The fourth-order valence-electron chi connectivity index (χ4n) is 2.44. The van der Waals surface area contributed by atoms with Crippen LogP contribution >= 0.6 is 11.6 Å². The van der Waals surface area contributed by atoms with Crippen LogP contribution in [-0.2, 0) is 0 Å². The molecule has 1 aliphatic heterocycles. The zero-order chi connectivity index (χ0) is 13.1. The second-order valence-corrected chi connectivity index (χ2v) is 5.40. The van der Waals surface area contributed by atoms with Crippen molar-refractivity contribution >= 4 is 23.0 Å². The standard InChI is InChI=1S/C14H22ClN3/c1-3-11(2)17-6-8-18(9-7-17)14-5-4-12(16)10-13(14)15/h4-5,10-11H,3,6-9,16H2,1-2H3. The molecule has 0 amide bonds. The Kier molecular flexibility index (Phi) is 4.36. The Morgan fingerprint density at radius 3 is 2.50 bits per heavy atom. The molecule has 0 aliphatic carbocycles. The Morgan fingerprint density at radius 2 is 1.94 bits per heavy atom. The van der Waals surface area contributed by atoms with Gasteiger partial charge in [-0.15, -0.1) is 0 Å². The normalized spacial score (nSPS) is 18.9. The van der Waals surface area contributed by atoms with Gasteiger partial charge in [0.25, 0.3) is 0 Å². The summed E-state index contributed by atoms with van der Waals surface area (Å²) in [5.74, 6) is 0. The summed E-state index contributed by atoms with van der Waals surface area (Å²) in [6.45, 7) is 8.83. The Morgan fingerprint density at radius 1 is 1.28 bits per heavy atom. The van der Waals surface area contributed by atoms with Gasteiger partial charge in [0.1, 0.15) is 0 Å². The van der Waals surface area contributed by atoms with E-state index in [0.717, 1.165) is 42.6 Å². The van der Waals surface area contributed by atoms with Crippen LogP contribution in [-0.4, -0.2) is 37.1 Å². The van der Waals surface area contributed by atoms with Gasteiger partial charge in [-0.05, 0) is 31.5 Å². The van der Waals surface area contributed by atoms with Gasteiger partial charge < -0.3 is 10.6 Å². The third-order valence-corrected chi connectivity index (χ3v) is 4.14.